The van der Waals surface area contributed by atoms with Crippen molar-refractivity contribution in [3.05, 3.63) is 54.2 Å². The van der Waals surface area contributed by atoms with Crippen LogP contribution in [-0.4, -0.2) is 43.9 Å². The molecule has 2 atom stereocenters. The van der Waals surface area contributed by atoms with Gasteiger partial charge in [0, 0.05) is 30.6 Å². The molecule has 1 amide bonds. The van der Waals surface area contributed by atoms with Gasteiger partial charge in [-0.3, -0.25) is 14.8 Å². The average molecular weight is 392 g/mol. The van der Waals surface area contributed by atoms with Crippen LogP contribution >= 0.6 is 0 Å². The molecule has 29 heavy (non-hydrogen) atoms. The van der Waals surface area contributed by atoms with E-state index in [4.69, 9.17) is 14.0 Å². The highest BCUT2D eigenvalue weighted by Crippen LogP contribution is 2.51. The molecule has 0 bridgehead atoms. The number of hydrogen-bond donors (Lipinski definition) is 0. The van der Waals surface area contributed by atoms with Crippen molar-refractivity contribution in [2.24, 2.45) is 0 Å². The Balaban J connectivity index is 1.11. The van der Waals surface area contributed by atoms with Gasteiger partial charge in [0.2, 0.25) is 0 Å². The highest BCUT2D eigenvalue weighted by Gasteiger charge is 2.63. The lowest BCUT2D eigenvalue weighted by atomic mass is 9.76. The van der Waals surface area contributed by atoms with Crippen LogP contribution in [0.3, 0.4) is 0 Å². The first-order valence-corrected chi connectivity index (χ1v) is 9.93. The third kappa shape index (κ3) is 2.67. The molecule has 6 rings (SSSR count). The smallest absolute Gasteiger partial charge is 0.257 e. The van der Waals surface area contributed by atoms with Crippen molar-refractivity contribution >= 4 is 16.9 Å². The first kappa shape index (κ1) is 17.1. The summed E-state index contributed by atoms with van der Waals surface area (Å²) in [7, 11) is 0. The van der Waals surface area contributed by atoms with Crippen molar-refractivity contribution in [2.75, 3.05) is 0 Å². The molecule has 2 aromatic heterocycles. The summed E-state index contributed by atoms with van der Waals surface area (Å²) in [6.07, 6.45) is 9.50. The fourth-order valence-corrected chi connectivity index (χ4v) is 4.78. The van der Waals surface area contributed by atoms with E-state index in [2.05, 4.69) is 15.1 Å². The summed E-state index contributed by atoms with van der Waals surface area (Å²) >= 11 is 0. The van der Waals surface area contributed by atoms with Gasteiger partial charge in [0.15, 0.2) is 11.2 Å². The van der Waals surface area contributed by atoms with Crippen LogP contribution < -0.4 is 0 Å². The van der Waals surface area contributed by atoms with Crippen LogP contribution in [-0.2, 0) is 20.9 Å². The Morgan fingerprint density at radius 3 is 3.00 bits per heavy atom. The number of benzene rings is 1. The molecule has 148 valence electrons. The number of carbonyl (C=O) groups excluding carboxylic acids is 1. The number of aromatic nitrogens is 3. The second kappa shape index (κ2) is 6.33. The molecule has 1 aliphatic carbocycles. The van der Waals surface area contributed by atoms with Gasteiger partial charge in [0.1, 0.15) is 6.23 Å². The zero-order valence-electron chi connectivity index (χ0n) is 15.7. The Morgan fingerprint density at radius 1 is 1.21 bits per heavy atom. The number of hydrogen-bond acceptors (Lipinski definition) is 7. The second-order valence-electron chi connectivity index (χ2n) is 8.04. The van der Waals surface area contributed by atoms with Gasteiger partial charge in [-0.2, -0.15) is 0 Å². The van der Waals surface area contributed by atoms with Gasteiger partial charge in [-0.25, -0.2) is 0 Å². The lowest BCUT2D eigenvalue weighted by Crippen LogP contribution is -2.54. The van der Waals surface area contributed by atoms with E-state index < -0.39 is 5.60 Å². The van der Waals surface area contributed by atoms with Gasteiger partial charge in [-0.05, 0) is 30.5 Å². The van der Waals surface area contributed by atoms with Crippen molar-refractivity contribution in [2.45, 2.75) is 56.3 Å². The van der Waals surface area contributed by atoms with Crippen LogP contribution in [0, 0.1) is 0 Å². The summed E-state index contributed by atoms with van der Waals surface area (Å²) in [4.78, 5) is 23.6. The van der Waals surface area contributed by atoms with Crippen molar-refractivity contribution in [3.8, 4) is 0 Å². The standard InChI is InChI=1S/C21H20N4O4/c26-20-21(28-19-4-2-17(25(19)20)16-11-22-5-6-23-16)8-15(9-21)27-12-13-1-3-18-14(7-13)10-24-29-18/h1,3,5-7,10-11,15,17,19H,2,4,8-9,12H2/t15?,17-,19?,21?/m0/s1. The third-order valence-corrected chi connectivity index (χ3v) is 6.26. The van der Waals surface area contributed by atoms with Crippen molar-refractivity contribution < 1.29 is 18.8 Å². The minimum absolute atomic E-state index is 0.0205. The van der Waals surface area contributed by atoms with E-state index in [9.17, 15) is 4.79 Å². The molecule has 2 saturated heterocycles. The molecule has 1 aromatic carbocycles. The number of nitrogens with zero attached hydrogens (tertiary/aromatic N) is 4. The number of amides is 1. The third-order valence-electron chi connectivity index (χ3n) is 6.26. The molecule has 1 unspecified atom stereocenters. The minimum Gasteiger partial charge on any atom is -0.373 e. The number of ether oxygens (including phenoxy) is 2. The van der Waals surface area contributed by atoms with E-state index >= 15 is 0 Å². The fraction of sp³-hybridized carbons (Fsp3) is 0.429. The first-order valence-electron chi connectivity index (χ1n) is 9.93. The largest absolute Gasteiger partial charge is 0.373 e. The van der Waals surface area contributed by atoms with Gasteiger partial charge >= 0.3 is 0 Å². The molecular weight excluding hydrogens is 372 g/mol. The number of rotatable bonds is 4. The predicted molar refractivity (Wildman–Crippen MR) is 100 cm³/mol. The molecular formula is C21H20N4O4. The zero-order valence-corrected chi connectivity index (χ0v) is 15.7. The number of carbonyl (C=O) groups is 1. The summed E-state index contributed by atoms with van der Waals surface area (Å²) in [5, 5.41) is 4.75. The van der Waals surface area contributed by atoms with Crippen molar-refractivity contribution in [1.82, 2.24) is 20.0 Å². The Hall–Kier alpha value is -2.84. The summed E-state index contributed by atoms with van der Waals surface area (Å²) in [6, 6.07) is 5.84. The zero-order chi connectivity index (χ0) is 19.4. The molecule has 3 aromatic rings. The molecule has 0 N–H and O–H groups in total. The normalized spacial score (nSPS) is 30.8. The van der Waals surface area contributed by atoms with Crippen LogP contribution in [0.5, 0.6) is 0 Å². The molecule has 1 spiro atoms. The van der Waals surface area contributed by atoms with Crippen molar-refractivity contribution in [1.29, 1.82) is 0 Å². The fourth-order valence-electron chi connectivity index (χ4n) is 4.78. The maximum absolute atomic E-state index is 13.2. The van der Waals surface area contributed by atoms with Gasteiger partial charge in [0.25, 0.3) is 5.91 Å². The maximum atomic E-state index is 13.2. The van der Waals surface area contributed by atoms with E-state index in [1.165, 1.54) is 0 Å². The average Bonchev–Trinajstić information content (AvgIpc) is 3.41. The molecule has 0 radical (unpaired) electrons. The second-order valence-corrected chi connectivity index (χ2v) is 8.04. The van der Waals surface area contributed by atoms with Gasteiger partial charge in [0.05, 0.1) is 36.8 Å². The van der Waals surface area contributed by atoms with Crippen LogP contribution in [0.15, 0.2) is 47.5 Å². The molecule has 3 aliphatic rings. The maximum Gasteiger partial charge on any atom is 0.257 e. The quantitative estimate of drug-likeness (QED) is 0.674. The summed E-state index contributed by atoms with van der Waals surface area (Å²) in [5.74, 6) is 0.0707. The van der Waals surface area contributed by atoms with Crippen molar-refractivity contribution in [3.63, 3.8) is 0 Å². The lowest BCUT2D eigenvalue weighted by Gasteiger charge is -2.42. The van der Waals surface area contributed by atoms with E-state index in [0.29, 0.717) is 19.4 Å². The van der Waals surface area contributed by atoms with Gasteiger partial charge in [-0.1, -0.05) is 11.2 Å². The SMILES string of the molecule is O=C1N2C(CC[C@H]2c2cnccn2)OC12CC(OCc1ccc3oncc3c1)C2. The Labute approximate surface area is 166 Å². The minimum atomic E-state index is -0.728. The molecule has 3 fully saturated rings. The molecule has 8 nitrogen and oxygen atoms in total. The lowest BCUT2D eigenvalue weighted by molar-refractivity contribution is -0.177. The van der Waals surface area contributed by atoms with Gasteiger partial charge < -0.3 is 18.9 Å². The Morgan fingerprint density at radius 2 is 2.14 bits per heavy atom. The van der Waals surface area contributed by atoms with E-state index in [0.717, 1.165) is 35.1 Å². The monoisotopic (exact) mass is 392 g/mol. The summed E-state index contributed by atoms with van der Waals surface area (Å²) < 4.78 is 17.4. The first-order chi connectivity index (χ1) is 14.2. The van der Waals surface area contributed by atoms with Crippen LogP contribution in [0.4, 0.5) is 0 Å². The Kier molecular flexibility index (Phi) is 3.72. The topological polar surface area (TPSA) is 90.6 Å². The number of fused-ring (bicyclic) bond motifs is 2. The summed E-state index contributed by atoms with van der Waals surface area (Å²) in [6.45, 7) is 0.491. The molecule has 8 heteroatoms. The summed E-state index contributed by atoms with van der Waals surface area (Å²) in [5.41, 5.74) is 1.93. The van der Waals surface area contributed by atoms with E-state index in [-0.39, 0.29) is 24.3 Å². The van der Waals surface area contributed by atoms with E-state index in [1.807, 2.05) is 23.1 Å². The Bertz CT molecular complexity index is 1060. The molecule has 2 aliphatic heterocycles. The van der Waals surface area contributed by atoms with Gasteiger partial charge in [-0.15, -0.1) is 0 Å². The van der Waals surface area contributed by atoms with Crippen LogP contribution in [0.1, 0.15) is 43.0 Å². The highest BCUT2D eigenvalue weighted by molar-refractivity contribution is 5.89. The van der Waals surface area contributed by atoms with Crippen LogP contribution in [0.25, 0.3) is 11.0 Å². The van der Waals surface area contributed by atoms with E-state index in [1.54, 1.807) is 24.8 Å². The highest BCUT2D eigenvalue weighted by atomic mass is 16.6. The molecule has 4 heterocycles. The molecule has 1 saturated carbocycles. The predicted octanol–water partition coefficient (Wildman–Crippen LogP) is 2.76. The van der Waals surface area contributed by atoms with Crippen LogP contribution in [0.2, 0.25) is 0 Å².